The number of hydrogen-bond acceptors (Lipinski definition) is 3. The molecule has 0 amide bonds. The molecule has 4 heteroatoms. The lowest BCUT2D eigenvalue weighted by Crippen LogP contribution is -2.08. The van der Waals surface area contributed by atoms with Gasteiger partial charge in [-0.1, -0.05) is 12.1 Å². The molecule has 1 aromatic carbocycles. The van der Waals surface area contributed by atoms with Gasteiger partial charge < -0.3 is 4.74 Å². The van der Waals surface area contributed by atoms with E-state index in [9.17, 15) is 9.18 Å². The molecule has 0 aliphatic carbocycles. The van der Waals surface area contributed by atoms with Crippen molar-refractivity contribution >= 4 is 5.78 Å². The Balaban J connectivity index is 2.07. The van der Waals surface area contributed by atoms with E-state index in [1.54, 1.807) is 36.7 Å². The maximum Gasteiger partial charge on any atom is 0.168 e. The van der Waals surface area contributed by atoms with Crippen LogP contribution >= 0.6 is 0 Å². The topological polar surface area (TPSA) is 39.2 Å². The summed E-state index contributed by atoms with van der Waals surface area (Å²) in [6.07, 6.45) is 3.61. The highest BCUT2D eigenvalue weighted by Crippen LogP contribution is 2.20. The van der Waals surface area contributed by atoms with Gasteiger partial charge >= 0.3 is 0 Å². The Morgan fingerprint density at radius 2 is 1.95 bits per heavy atom. The van der Waals surface area contributed by atoms with E-state index < -0.39 is 5.82 Å². The Labute approximate surface area is 111 Å². The Morgan fingerprint density at radius 1 is 1.21 bits per heavy atom. The molecule has 1 aromatic heterocycles. The largest absolute Gasteiger partial charge is 0.494 e. The van der Waals surface area contributed by atoms with Crippen LogP contribution < -0.4 is 4.74 Å². The molecule has 0 saturated heterocycles. The van der Waals surface area contributed by atoms with Crippen LogP contribution in [0.15, 0.2) is 42.7 Å². The van der Waals surface area contributed by atoms with Gasteiger partial charge in [0, 0.05) is 25.2 Å². The molecule has 0 fully saturated rings. The number of rotatable bonds is 5. The standard InChI is InChI=1S/C15H14FNO2/c1-19-14-4-2-3-12(15(14)16)10-13(18)9-11-5-7-17-8-6-11/h2-8H,9-10H2,1H3. The lowest BCUT2D eigenvalue weighted by Gasteiger charge is -2.06. The van der Waals surface area contributed by atoms with Crippen LogP contribution in [0.4, 0.5) is 4.39 Å². The summed E-state index contributed by atoms with van der Waals surface area (Å²) in [7, 11) is 1.40. The monoisotopic (exact) mass is 259 g/mol. The molecule has 0 N–H and O–H groups in total. The van der Waals surface area contributed by atoms with Crippen LogP contribution in [0, 0.1) is 5.82 Å². The van der Waals surface area contributed by atoms with Gasteiger partial charge in [0.05, 0.1) is 7.11 Å². The summed E-state index contributed by atoms with van der Waals surface area (Å²) in [4.78, 5) is 15.8. The van der Waals surface area contributed by atoms with Gasteiger partial charge in [-0.3, -0.25) is 9.78 Å². The van der Waals surface area contributed by atoms with Crippen LogP contribution in [0.1, 0.15) is 11.1 Å². The average molecular weight is 259 g/mol. The SMILES string of the molecule is COc1cccc(CC(=O)Cc2ccncc2)c1F. The van der Waals surface area contributed by atoms with Crippen molar-refractivity contribution < 1.29 is 13.9 Å². The number of ketones is 1. The number of hydrogen-bond donors (Lipinski definition) is 0. The third-order valence-corrected chi connectivity index (χ3v) is 2.80. The quantitative estimate of drug-likeness (QED) is 0.828. The van der Waals surface area contributed by atoms with Crippen LogP contribution in [0.3, 0.4) is 0 Å². The maximum absolute atomic E-state index is 13.9. The van der Waals surface area contributed by atoms with Crippen molar-refractivity contribution in [2.24, 2.45) is 0 Å². The van der Waals surface area contributed by atoms with E-state index in [0.717, 1.165) is 5.56 Å². The first-order valence-corrected chi connectivity index (χ1v) is 5.92. The fourth-order valence-electron chi connectivity index (χ4n) is 1.85. The third kappa shape index (κ3) is 3.37. The van der Waals surface area contributed by atoms with Crippen molar-refractivity contribution in [1.82, 2.24) is 4.98 Å². The van der Waals surface area contributed by atoms with E-state index in [0.29, 0.717) is 5.56 Å². The Kier molecular flexibility index (Phi) is 4.23. The fraction of sp³-hybridized carbons (Fsp3) is 0.200. The Bertz CT molecular complexity index is 570. The second kappa shape index (κ2) is 6.09. The predicted molar refractivity (Wildman–Crippen MR) is 69.6 cm³/mol. The van der Waals surface area contributed by atoms with Crippen molar-refractivity contribution in [3.63, 3.8) is 0 Å². The molecule has 0 aliphatic rings. The number of pyridine rings is 1. The zero-order valence-electron chi connectivity index (χ0n) is 10.6. The Morgan fingerprint density at radius 3 is 2.63 bits per heavy atom. The lowest BCUT2D eigenvalue weighted by atomic mass is 10.0. The van der Waals surface area contributed by atoms with Gasteiger partial charge in [-0.05, 0) is 29.3 Å². The van der Waals surface area contributed by atoms with Gasteiger partial charge in [-0.15, -0.1) is 0 Å². The molecular weight excluding hydrogens is 245 g/mol. The highest BCUT2D eigenvalue weighted by atomic mass is 19.1. The minimum atomic E-state index is -0.465. The van der Waals surface area contributed by atoms with E-state index in [1.165, 1.54) is 13.2 Å². The second-order valence-electron chi connectivity index (χ2n) is 4.18. The molecule has 0 atom stereocenters. The molecular formula is C15H14FNO2. The third-order valence-electron chi connectivity index (χ3n) is 2.80. The van der Waals surface area contributed by atoms with Crippen molar-refractivity contribution in [1.29, 1.82) is 0 Å². The number of Topliss-reactive ketones (excluding diaryl/α,β-unsaturated/α-hetero) is 1. The zero-order chi connectivity index (χ0) is 13.7. The Hall–Kier alpha value is -2.23. The first-order chi connectivity index (χ1) is 9.20. The summed E-state index contributed by atoms with van der Waals surface area (Å²) >= 11 is 0. The van der Waals surface area contributed by atoms with E-state index in [4.69, 9.17) is 4.74 Å². The van der Waals surface area contributed by atoms with E-state index in [-0.39, 0.29) is 24.4 Å². The minimum Gasteiger partial charge on any atom is -0.494 e. The summed E-state index contributed by atoms with van der Waals surface area (Å²) in [6.45, 7) is 0. The first kappa shape index (κ1) is 13.2. The number of benzene rings is 1. The number of carbonyl (C=O) groups excluding carboxylic acids is 1. The summed E-state index contributed by atoms with van der Waals surface area (Å²) < 4.78 is 18.8. The van der Waals surface area contributed by atoms with E-state index in [2.05, 4.69) is 4.98 Å². The maximum atomic E-state index is 13.9. The summed E-state index contributed by atoms with van der Waals surface area (Å²) in [5.41, 5.74) is 1.24. The molecule has 0 spiro atoms. The summed E-state index contributed by atoms with van der Waals surface area (Å²) in [5.74, 6) is -0.347. The molecule has 0 bridgehead atoms. The number of carbonyl (C=O) groups is 1. The first-order valence-electron chi connectivity index (χ1n) is 5.92. The molecule has 98 valence electrons. The van der Waals surface area contributed by atoms with Crippen LogP contribution in [-0.4, -0.2) is 17.9 Å². The summed E-state index contributed by atoms with van der Waals surface area (Å²) in [6, 6.07) is 8.37. The number of ether oxygens (including phenoxy) is 1. The van der Waals surface area contributed by atoms with Crippen LogP contribution in [-0.2, 0) is 17.6 Å². The highest BCUT2D eigenvalue weighted by Gasteiger charge is 2.12. The summed E-state index contributed by atoms with van der Waals surface area (Å²) in [5, 5.41) is 0. The van der Waals surface area contributed by atoms with Gasteiger partial charge in [-0.2, -0.15) is 0 Å². The van der Waals surface area contributed by atoms with Crippen LogP contribution in [0.5, 0.6) is 5.75 Å². The average Bonchev–Trinajstić information content (AvgIpc) is 2.42. The van der Waals surface area contributed by atoms with E-state index in [1.807, 2.05) is 0 Å². The molecule has 19 heavy (non-hydrogen) atoms. The molecule has 1 heterocycles. The molecule has 2 rings (SSSR count). The van der Waals surface area contributed by atoms with Crippen LogP contribution in [0.25, 0.3) is 0 Å². The van der Waals surface area contributed by atoms with Crippen molar-refractivity contribution in [2.75, 3.05) is 7.11 Å². The predicted octanol–water partition coefficient (Wildman–Crippen LogP) is 2.58. The van der Waals surface area contributed by atoms with Gasteiger partial charge in [0.2, 0.25) is 0 Å². The number of methoxy groups -OCH3 is 1. The van der Waals surface area contributed by atoms with Crippen LogP contribution in [0.2, 0.25) is 0 Å². The molecule has 0 unspecified atom stereocenters. The fourth-order valence-corrected chi connectivity index (χ4v) is 1.85. The molecule has 0 saturated carbocycles. The van der Waals surface area contributed by atoms with Crippen molar-refractivity contribution in [3.8, 4) is 5.75 Å². The molecule has 0 radical (unpaired) electrons. The minimum absolute atomic E-state index is 0.0432. The van der Waals surface area contributed by atoms with Crippen molar-refractivity contribution in [2.45, 2.75) is 12.8 Å². The highest BCUT2D eigenvalue weighted by molar-refractivity contribution is 5.83. The normalized spacial score (nSPS) is 10.2. The zero-order valence-corrected chi connectivity index (χ0v) is 10.6. The number of aromatic nitrogens is 1. The smallest absolute Gasteiger partial charge is 0.168 e. The molecule has 0 aliphatic heterocycles. The van der Waals surface area contributed by atoms with Crippen molar-refractivity contribution in [3.05, 3.63) is 59.7 Å². The van der Waals surface area contributed by atoms with Gasteiger partial charge in [-0.25, -0.2) is 4.39 Å². The number of halogens is 1. The second-order valence-corrected chi connectivity index (χ2v) is 4.18. The lowest BCUT2D eigenvalue weighted by molar-refractivity contribution is -0.117. The molecule has 2 aromatic rings. The number of nitrogens with zero attached hydrogens (tertiary/aromatic N) is 1. The van der Waals surface area contributed by atoms with E-state index >= 15 is 0 Å². The van der Waals surface area contributed by atoms with Gasteiger partial charge in [0.25, 0.3) is 0 Å². The van der Waals surface area contributed by atoms with Gasteiger partial charge in [0.1, 0.15) is 5.78 Å². The van der Waals surface area contributed by atoms with Gasteiger partial charge in [0.15, 0.2) is 11.6 Å². The molecule has 3 nitrogen and oxygen atoms in total.